The molecule has 1 aliphatic carbocycles. The third-order valence-corrected chi connectivity index (χ3v) is 6.20. The standard InChI is InChI=1S/C19H19BrClF2N5O/c1-9-14(12-5-4-10(17(22)23)7-13(12)24)16(20)28-15(9)18(26-19(21)27-28)25-8-11-3-2-6-29-11/h2-4,6,12-13,17H,5,7-8,24H2,1H3,(H,25,26,27)/t12-,13-/m0/s1. The lowest BCUT2D eigenvalue weighted by Gasteiger charge is -2.29. The molecule has 0 saturated carbocycles. The van der Waals surface area contributed by atoms with Crippen LogP contribution < -0.4 is 11.1 Å². The molecule has 3 aromatic heterocycles. The summed E-state index contributed by atoms with van der Waals surface area (Å²) in [6.45, 7) is 2.38. The highest BCUT2D eigenvalue weighted by atomic mass is 79.9. The number of furan rings is 1. The van der Waals surface area contributed by atoms with Gasteiger partial charge < -0.3 is 15.5 Å². The Labute approximate surface area is 179 Å². The number of hydrogen-bond donors (Lipinski definition) is 2. The zero-order chi connectivity index (χ0) is 20.7. The number of aromatic nitrogens is 3. The smallest absolute Gasteiger partial charge is 0.259 e. The lowest BCUT2D eigenvalue weighted by atomic mass is 9.80. The molecule has 0 spiro atoms. The van der Waals surface area contributed by atoms with Crippen LogP contribution in [0.2, 0.25) is 5.28 Å². The summed E-state index contributed by atoms with van der Waals surface area (Å²) in [6, 6.07) is 3.25. The molecule has 29 heavy (non-hydrogen) atoms. The highest BCUT2D eigenvalue weighted by Crippen LogP contribution is 2.42. The fourth-order valence-corrected chi connectivity index (χ4v) is 4.88. The van der Waals surface area contributed by atoms with Gasteiger partial charge in [0.25, 0.3) is 6.43 Å². The van der Waals surface area contributed by atoms with Crippen molar-refractivity contribution in [3.63, 3.8) is 0 Å². The van der Waals surface area contributed by atoms with Gasteiger partial charge in [-0.2, -0.15) is 4.98 Å². The lowest BCUT2D eigenvalue weighted by Crippen LogP contribution is -2.32. The average molecular weight is 487 g/mol. The topological polar surface area (TPSA) is 81.4 Å². The molecule has 0 radical (unpaired) electrons. The Morgan fingerprint density at radius 1 is 1.48 bits per heavy atom. The molecule has 0 aliphatic heterocycles. The van der Waals surface area contributed by atoms with Gasteiger partial charge in [0, 0.05) is 12.0 Å². The summed E-state index contributed by atoms with van der Waals surface area (Å²) in [5.74, 6) is 1.18. The van der Waals surface area contributed by atoms with Crippen molar-refractivity contribution in [3.05, 3.63) is 56.8 Å². The van der Waals surface area contributed by atoms with Gasteiger partial charge in [-0.3, -0.25) is 0 Å². The number of alkyl halides is 2. The highest BCUT2D eigenvalue weighted by Gasteiger charge is 2.32. The number of allylic oxidation sites excluding steroid dienone is 1. The van der Waals surface area contributed by atoms with E-state index < -0.39 is 12.5 Å². The number of rotatable bonds is 5. The highest BCUT2D eigenvalue weighted by molar-refractivity contribution is 9.10. The van der Waals surface area contributed by atoms with E-state index in [0.29, 0.717) is 23.4 Å². The third-order valence-electron chi connectivity index (χ3n) is 5.27. The van der Waals surface area contributed by atoms with Crippen LogP contribution in [0.15, 0.2) is 39.1 Å². The molecule has 1 aliphatic rings. The van der Waals surface area contributed by atoms with E-state index in [1.165, 1.54) is 0 Å². The van der Waals surface area contributed by atoms with Gasteiger partial charge in [0.15, 0.2) is 5.82 Å². The van der Waals surface area contributed by atoms with Crippen molar-refractivity contribution in [3.8, 4) is 0 Å². The van der Waals surface area contributed by atoms with Crippen molar-refractivity contribution in [1.82, 2.24) is 14.6 Å². The quantitative estimate of drug-likeness (QED) is 0.493. The summed E-state index contributed by atoms with van der Waals surface area (Å²) in [5.41, 5.74) is 9.00. The van der Waals surface area contributed by atoms with Crippen molar-refractivity contribution < 1.29 is 13.2 Å². The number of nitrogens with two attached hydrogens (primary N) is 1. The molecule has 3 aromatic rings. The molecule has 0 aromatic carbocycles. The van der Waals surface area contributed by atoms with Crippen molar-refractivity contribution in [1.29, 1.82) is 0 Å². The SMILES string of the molecule is Cc1c([C@H]2CC=C(C(F)F)C[C@@H]2N)c(Br)n2nc(Cl)nc(NCc3ccco3)c12. The van der Waals surface area contributed by atoms with Crippen LogP contribution in [0.4, 0.5) is 14.6 Å². The minimum absolute atomic E-state index is 0.0783. The molecule has 2 atom stereocenters. The predicted molar refractivity (Wildman–Crippen MR) is 111 cm³/mol. The number of fused-ring (bicyclic) bond motifs is 1. The first kappa shape index (κ1) is 20.3. The maximum atomic E-state index is 13.1. The molecular weight excluding hydrogens is 468 g/mol. The molecule has 4 rings (SSSR count). The first-order valence-corrected chi connectivity index (χ1v) is 10.3. The fraction of sp³-hybridized carbons (Fsp3) is 0.368. The normalized spacial score (nSPS) is 19.8. The van der Waals surface area contributed by atoms with E-state index >= 15 is 0 Å². The van der Waals surface area contributed by atoms with E-state index in [1.807, 2.05) is 19.1 Å². The molecule has 154 valence electrons. The van der Waals surface area contributed by atoms with E-state index in [9.17, 15) is 8.78 Å². The molecule has 6 nitrogen and oxygen atoms in total. The van der Waals surface area contributed by atoms with Gasteiger partial charge in [-0.1, -0.05) is 6.08 Å². The van der Waals surface area contributed by atoms with Gasteiger partial charge in [0.1, 0.15) is 15.9 Å². The van der Waals surface area contributed by atoms with Crippen LogP contribution in [0.5, 0.6) is 0 Å². The molecule has 0 unspecified atom stereocenters. The van der Waals surface area contributed by atoms with Crippen molar-refractivity contribution in [2.45, 2.75) is 44.7 Å². The minimum Gasteiger partial charge on any atom is -0.467 e. The zero-order valence-electron chi connectivity index (χ0n) is 15.5. The number of aryl methyl sites for hydroxylation is 1. The van der Waals surface area contributed by atoms with E-state index in [0.717, 1.165) is 22.4 Å². The fourth-order valence-electron chi connectivity index (χ4n) is 3.87. The summed E-state index contributed by atoms with van der Waals surface area (Å²) in [7, 11) is 0. The van der Waals surface area contributed by atoms with Gasteiger partial charge in [-0.15, -0.1) is 5.10 Å². The number of anilines is 1. The van der Waals surface area contributed by atoms with Crippen LogP contribution in [0.25, 0.3) is 5.52 Å². The molecule has 10 heteroatoms. The first-order valence-electron chi connectivity index (χ1n) is 9.10. The van der Waals surface area contributed by atoms with E-state index in [4.69, 9.17) is 21.8 Å². The summed E-state index contributed by atoms with van der Waals surface area (Å²) >= 11 is 9.75. The first-order chi connectivity index (χ1) is 13.9. The van der Waals surface area contributed by atoms with E-state index in [-0.39, 0.29) is 23.2 Å². The molecule has 3 heterocycles. The molecular formula is C19H19BrClF2N5O. The second-order valence-corrected chi connectivity index (χ2v) is 8.13. The zero-order valence-corrected chi connectivity index (χ0v) is 17.8. The van der Waals surface area contributed by atoms with Gasteiger partial charge in [-0.25, -0.2) is 13.3 Å². The lowest BCUT2D eigenvalue weighted by molar-refractivity contribution is 0.179. The number of nitrogens with one attached hydrogen (secondary N) is 1. The van der Waals surface area contributed by atoms with Crippen molar-refractivity contribution in [2.24, 2.45) is 5.73 Å². The van der Waals surface area contributed by atoms with Crippen molar-refractivity contribution in [2.75, 3.05) is 5.32 Å². The third kappa shape index (κ3) is 3.78. The Morgan fingerprint density at radius 3 is 2.93 bits per heavy atom. The van der Waals surface area contributed by atoms with E-state index in [1.54, 1.807) is 16.9 Å². The monoisotopic (exact) mass is 485 g/mol. The van der Waals surface area contributed by atoms with Crippen LogP contribution in [0.3, 0.4) is 0 Å². The maximum absolute atomic E-state index is 13.1. The number of hydrogen-bond acceptors (Lipinski definition) is 5. The predicted octanol–water partition coefficient (Wildman–Crippen LogP) is 5.05. The second-order valence-electron chi connectivity index (χ2n) is 7.04. The Hall–Kier alpha value is -1.97. The Balaban J connectivity index is 1.75. The largest absolute Gasteiger partial charge is 0.467 e. The van der Waals surface area contributed by atoms with Crippen LogP contribution >= 0.6 is 27.5 Å². The van der Waals surface area contributed by atoms with Gasteiger partial charge >= 0.3 is 0 Å². The number of halogens is 4. The average Bonchev–Trinajstić information content (AvgIpc) is 3.27. The molecule has 0 bridgehead atoms. The summed E-state index contributed by atoms with van der Waals surface area (Å²) in [6.07, 6.45) is 1.33. The van der Waals surface area contributed by atoms with Crippen LogP contribution in [0.1, 0.15) is 35.6 Å². The molecule has 0 amide bonds. The summed E-state index contributed by atoms with van der Waals surface area (Å²) in [4.78, 5) is 4.33. The van der Waals surface area contributed by atoms with Crippen LogP contribution in [0, 0.1) is 6.92 Å². The van der Waals surface area contributed by atoms with Crippen LogP contribution in [-0.4, -0.2) is 27.1 Å². The van der Waals surface area contributed by atoms with Crippen molar-refractivity contribution >= 4 is 38.9 Å². The Morgan fingerprint density at radius 2 is 2.28 bits per heavy atom. The minimum atomic E-state index is -2.47. The molecule has 3 N–H and O–H groups in total. The van der Waals surface area contributed by atoms with Gasteiger partial charge in [0.2, 0.25) is 5.28 Å². The van der Waals surface area contributed by atoms with Gasteiger partial charge in [0.05, 0.1) is 12.8 Å². The van der Waals surface area contributed by atoms with Crippen LogP contribution in [-0.2, 0) is 6.54 Å². The summed E-state index contributed by atoms with van der Waals surface area (Å²) in [5, 5.41) is 7.62. The Bertz CT molecular complexity index is 1070. The molecule has 0 saturated heterocycles. The second kappa shape index (κ2) is 8.04. The van der Waals surface area contributed by atoms with Gasteiger partial charge in [-0.05, 0) is 76.1 Å². The van der Waals surface area contributed by atoms with E-state index in [2.05, 4.69) is 31.3 Å². The number of nitrogens with zero attached hydrogens (tertiary/aromatic N) is 3. The summed E-state index contributed by atoms with van der Waals surface area (Å²) < 4.78 is 33.8. The molecule has 0 fully saturated rings. The maximum Gasteiger partial charge on any atom is 0.259 e. The Kier molecular flexibility index (Phi) is 5.63.